The van der Waals surface area contributed by atoms with Gasteiger partial charge in [0.1, 0.15) is 6.04 Å². The lowest BCUT2D eigenvalue weighted by atomic mass is 10.2. The molecule has 0 saturated heterocycles. The Morgan fingerprint density at radius 3 is 2.73 bits per heavy atom. The Morgan fingerprint density at radius 2 is 2.20 bits per heavy atom. The number of halogens is 1. The van der Waals surface area contributed by atoms with Gasteiger partial charge in [-0.1, -0.05) is 0 Å². The smallest absolute Gasteiger partial charge is 0.328 e. The largest absolute Gasteiger partial charge is 0.467 e. The van der Waals surface area contributed by atoms with Crippen molar-refractivity contribution in [3.05, 3.63) is 32.7 Å². The highest BCUT2D eigenvalue weighted by atomic mass is 79.9. The van der Waals surface area contributed by atoms with Crippen LogP contribution < -0.4 is 5.56 Å². The van der Waals surface area contributed by atoms with E-state index in [0.717, 1.165) is 5.56 Å². The monoisotopic (exact) mass is 273 g/mol. The molecule has 0 aliphatic heterocycles. The third kappa shape index (κ3) is 2.47. The zero-order valence-corrected chi connectivity index (χ0v) is 10.4. The number of carbonyl (C=O) groups excluding carboxylic acids is 1. The molecule has 5 heteroatoms. The number of aryl methyl sites for hydroxylation is 1. The fourth-order valence-electron chi connectivity index (χ4n) is 1.27. The lowest BCUT2D eigenvalue weighted by Crippen LogP contribution is -2.29. The van der Waals surface area contributed by atoms with E-state index in [0.29, 0.717) is 4.47 Å². The van der Waals surface area contributed by atoms with Crippen molar-refractivity contribution in [2.75, 3.05) is 7.11 Å². The van der Waals surface area contributed by atoms with Gasteiger partial charge in [-0.3, -0.25) is 4.79 Å². The maximum Gasteiger partial charge on any atom is 0.328 e. The van der Waals surface area contributed by atoms with Crippen LogP contribution in [0.4, 0.5) is 0 Å². The van der Waals surface area contributed by atoms with Crippen LogP contribution in [0.3, 0.4) is 0 Å². The van der Waals surface area contributed by atoms with Crippen LogP contribution in [0, 0.1) is 6.92 Å². The first-order valence-electron chi connectivity index (χ1n) is 4.43. The number of nitrogens with zero attached hydrogens (tertiary/aromatic N) is 1. The van der Waals surface area contributed by atoms with Crippen molar-refractivity contribution in [3.8, 4) is 0 Å². The maximum atomic E-state index is 11.7. The van der Waals surface area contributed by atoms with Crippen molar-refractivity contribution in [1.82, 2.24) is 4.57 Å². The molecule has 0 aromatic carbocycles. The third-order valence-corrected chi connectivity index (χ3v) is 2.66. The van der Waals surface area contributed by atoms with E-state index in [9.17, 15) is 9.59 Å². The second kappa shape index (κ2) is 4.61. The summed E-state index contributed by atoms with van der Waals surface area (Å²) in [6.07, 6.45) is 1.63. The maximum absolute atomic E-state index is 11.7. The molecule has 4 nitrogen and oxygen atoms in total. The van der Waals surface area contributed by atoms with E-state index in [1.54, 1.807) is 19.2 Å². The van der Waals surface area contributed by atoms with Crippen molar-refractivity contribution >= 4 is 21.9 Å². The number of esters is 1. The molecule has 0 spiro atoms. The van der Waals surface area contributed by atoms with Gasteiger partial charge in [-0.05, 0) is 41.4 Å². The highest BCUT2D eigenvalue weighted by molar-refractivity contribution is 9.10. The molecular formula is C10H12BrNO3. The summed E-state index contributed by atoms with van der Waals surface area (Å²) in [6, 6.07) is 1.10. The second-order valence-corrected chi connectivity index (χ2v) is 4.13. The quantitative estimate of drug-likeness (QED) is 0.770. The molecule has 0 saturated carbocycles. The second-order valence-electron chi connectivity index (χ2n) is 3.28. The van der Waals surface area contributed by atoms with Gasteiger partial charge in [0.2, 0.25) is 0 Å². The molecule has 82 valence electrons. The molecule has 0 amide bonds. The fraction of sp³-hybridized carbons (Fsp3) is 0.400. The molecule has 1 unspecified atom stereocenters. The molecule has 0 aliphatic rings. The normalized spacial score (nSPS) is 12.3. The van der Waals surface area contributed by atoms with Crippen LogP contribution in [0.25, 0.3) is 0 Å². The Labute approximate surface area is 96.0 Å². The summed E-state index contributed by atoms with van der Waals surface area (Å²) in [4.78, 5) is 23.0. The number of pyridine rings is 1. The highest BCUT2D eigenvalue weighted by Crippen LogP contribution is 2.11. The van der Waals surface area contributed by atoms with Crippen molar-refractivity contribution in [3.63, 3.8) is 0 Å². The lowest BCUT2D eigenvalue weighted by Gasteiger charge is -2.13. The Hall–Kier alpha value is -1.10. The van der Waals surface area contributed by atoms with Gasteiger partial charge in [0.15, 0.2) is 0 Å². The first-order valence-corrected chi connectivity index (χ1v) is 5.22. The van der Waals surface area contributed by atoms with E-state index in [1.807, 2.05) is 6.92 Å². The number of carbonyl (C=O) groups is 1. The molecule has 1 heterocycles. The van der Waals surface area contributed by atoms with Crippen molar-refractivity contribution in [2.45, 2.75) is 19.9 Å². The predicted octanol–water partition coefficient (Wildman–Crippen LogP) is 1.65. The molecule has 0 N–H and O–H groups in total. The topological polar surface area (TPSA) is 48.3 Å². The minimum Gasteiger partial charge on any atom is -0.467 e. The summed E-state index contributed by atoms with van der Waals surface area (Å²) in [5, 5.41) is 0. The summed E-state index contributed by atoms with van der Waals surface area (Å²) >= 11 is 3.15. The average Bonchev–Trinajstić information content (AvgIpc) is 2.21. The minimum atomic E-state index is -0.612. The molecule has 1 atom stereocenters. The van der Waals surface area contributed by atoms with Gasteiger partial charge < -0.3 is 9.30 Å². The lowest BCUT2D eigenvalue weighted by molar-refractivity contribution is -0.144. The van der Waals surface area contributed by atoms with E-state index in [2.05, 4.69) is 20.7 Å². The number of ether oxygens (including phenoxy) is 1. The number of hydrogen-bond acceptors (Lipinski definition) is 3. The first kappa shape index (κ1) is 12.0. The van der Waals surface area contributed by atoms with Gasteiger partial charge in [0, 0.05) is 6.20 Å². The molecule has 0 radical (unpaired) electrons. The van der Waals surface area contributed by atoms with Crippen LogP contribution in [-0.4, -0.2) is 17.6 Å². The van der Waals surface area contributed by atoms with Crippen LogP contribution in [-0.2, 0) is 9.53 Å². The SMILES string of the molecule is COC(=O)C(C)n1cc(C)cc(Br)c1=O. The van der Waals surface area contributed by atoms with Gasteiger partial charge in [0.05, 0.1) is 11.6 Å². The zero-order chi connectivity index (χ0) is 11.6. The van der Waals surface area contributed by atoms with E-state index in [1.165, 1.54) is 11.7 Å². The van der Waals surface area contributed by atoms with Crippen LogP contribution in [0.2, 0.25) is 0 Å². The summed E-state index contributed by atoms with van der Waals surface area (Å²) in [7, 11) is 1.30. The molecular weight excluding hydrogens is 262 g/mol. The van der Waals surface area contributed by atoms with E-state index in [-0.39, 0.29) is 5.56 Å². The molecule has 1 aromatic heterocycles. The molecule has 0 aliphatic carbocycles. The van der Waals surface area contributed by atoms with Gasteiger partial charge in [-0.2, -0.15) is 0 Å². The number of rotatable bonds is 2. The highest BCUT2D eigenvalue weighted by Gasteiger charge is 2.17. The van der Waals surface area contributed by atoms with Gasteiger partial charge in [0.25, 0.3) is 5.56 Å². The number of aromatic nitrogens is 1. The van der Waals surface area contributed by atoms with Gasteiger partial charge in [-0.15, -0.1) is 0 Å². The van der Waals surface area contributed by atoms with Crippen molar-refractivity contribution in [2.24, 2.45) is 0 Å². The predicted molar refractivity (Wildman–Crippen MR) is 59.9 cm³/mol. The summed E-state index contributed by atoms with van der Waals surface area (Å²) in [6.45, 7) is 3.48. The summed E-state index contributed by atoms with van der Waals surface area (Å²) in [5.41, 5.74) is 0.663. The van der Waals surface area contributed by atoms with Gasteiger partial charge in [-0.25, -0.2) is 4.79 Å². The van der Waals surface area contributed by atoms with Crippen LogP contribution in [0.1, 0.15) is 18.5 Å². The van der Waals surface area contributed by atoms with E-state index in [4.69, 9.17) is 0 Å². The molecule has 0 fully saturated rings. The minimum absolute atomic E-state index is 0.237. The fourth-order valence-corrected chi connectivity index (χ4v) is 1.84. The summed E-state index contributed by atoms with van der Waals surface area (Å²) < 4.78 is 6.38. The average molecular weight is 274 g/mol. The standard InChI is InChI=1S/C10H12BrNO3/c1-6-4-8(11)9(13)12(5-6)7(2)10(14)15-3/h4-5,7H,1-3H3. The Morgan fingerprint density at radius 1 is 1.60 bits per heavy atom. The Balaban J connectivity index is 3.25. The van der Waals surface area contributed by atoms with Crippen molar-refractivity contribution in [1.29, 1.82) is 0 Å². The number of methoxy groups -OCH3 is 1. The van der Waals surface area contributed by atoms with Crippen LogP contribution in [0.5, 0.6) is 0 Å². The van der Waals surface area contributed by atoms with E-state index < -0.39 is 12.0 Å². The molecule has 0 bridgehead atoms. The Bertz CT molecular complexity index is 439. The Kier molecular flexibility index (Phi) is 3.68. The molecule has 1 aromatic rings. The first-order chi connectivity index (χ1) is 6.97. The third-order valence-electron chi connectivity index (χ3n) is 2.10. The van der Waals surface area contributed by atoms with Crippen LogP contribution >= 0.6 is 15.9 Å². The summed E-state index contributed by atoms with van der Waals surface area (Å²) in [5.74, 6) is -0.436. The van der Waals surface area contributed by atoms with Crippen molar-refractivity contribution < 1.29 is 9.53 Å². The molecule has 1 rings (SSSR count). The van der Waals surface area contributed by atoms with E-state index >= 15 is 0 Å². The van der Waals surface area contributed by atoms with Gasteiger partial charge >= 0.3 is 5.97 Å². The molecule has 15 heavy (non-hydrogen) atoms. The number of hydrogen-bond donors (Lipinski definition) is 0. The zero-order valence-electron chi connectivity index (χ0n) is 8.78. The van der Waals surface area contributed by atoms with Crippen LogP contribution in [0.15, 0.2) is 21.5 Å².